The lowest BCUT2D eigenvalue weighted by molar-refractivity contribution is 0.102. The van der Waals surface area contributed by atoms with Gasteiger partial charge in [0.2, 0.25) is 5.82 Å². The Morgan fingerprint density at radius 2 is 1.92 bits per heavy atom. The molecule has 1 atom stereocenters. The highest BCUT2D eigenvalue weighted by atomic mass is 19.1. The van der Waals surface area contributed by atoms with Crippen molar-refractivity contribution in [2.75, 3.05) is 12.4 Å². The molecule has 36 heavy (non-hydrogen) atoms. The second kappa shape index (κ2) is 10.7. The smallest absolute Gasteiger partial charge is 0.255 e. The van der Waals surface area contributed by atoms with Gasteiger partial charge < -0.3 is 15.2 Å². The molecular weight excluding hydrogens is 459 g/mol. The van der Waals surface area contributed by atoms with Gasteiger partial charge in [-0.05, 0) is 72.5 Å². The zero-order chi connectivity index (χ0) is 25.7. The van der Waals surface area contributed by atoms with E-state index in [0.29, 0.717) is 34.8 Å². The van der Waals surface area contributed by atoms with Crippen LogP contribution in [0.2, 0.25) is 0 Å². The van der Waals surface area contributed by atoms with Crippen molar-refractivity contribution in [1.82, 2.24) is 9.97 Å². The monoisotopic (exact) mass is 482 g/mol. The largest absolute Gasteiger partial charge is 0.504 e. The van der Waals surface area contributed by atoms with Gasteiger partial charge in [0.1, 0.15) is 11.9 Å². The van der Waals surface area contributed by atoms with E-state index in [1.807, 2.05) is 31.2 Å². The van der Waals surface area contributed by atoms with Crippen molar-refractivity contribution in [2.45, 2.75) is 19.3 Å². The minimum absolute atomic E-state index is 0.000307. The third-order valence-electron chi connectivity index (χ3n) is 5.67. The maximum absolute atomic E-state index is 13.5. The number of amides is 1. The van der Waals surface area contributed by atoms with Gasteiger partial charge in [0.25, 0.3) is 5.91 Å². The minimum Gasteiger partial charge on any atom is -0.504 e. The molecule has 0 aliphatic rings. The number of phenolic OH excluding ortho intramolecular Hbond substituents is 1. The normalized spacial score (nSPS) is 11.4. The van der Waals surface area contributed by atoms with Crippen LogP contribution in [-0.2, 0) is 6.42 Å². The third-order valence-corrected chi connectivity index (χ3v) is 5.67. The average Bonchev–Trinajstić information content (AvgIpc) is 2.88. The fourth-order valence-electron chi connectivity index (χ4n) is 3.82. The summed E-state index contributed by atoms with van der Waals surface area (Å²) < 4.78 is 18.6. The third kappa shape index (κ3) is 5.65. The van der Waals surface area contributed by atoms with E-state index in [4.69, 9.17) is 4.74 Å². The van der Waals surface area contributed by atoms with Crippen LogP contribution in [-0.4, -0.2) is 28.1 Å². The number of carbonyl (C=O) groups is 1. The second-order valence-electron chi connectivity index (χ2n) is 8.26. The zero-order valence-electron chi connectivity index (χ0n) is 19.7. The highest BCUT2D eigenvalue weighted by molar-refractivity contribution is 6.04. The van der Waals surface area contributed by atoms with E-state index < -0.39 is 11.7 Å². The maximum atomic E-state index is 13.5. The van der Waals surface area contributed by atoms with Crippen LogP contribution >= 0.6 is 0 Å². The molecule has 0 aliphatic heterocycles. The molecule has 0 unspecified atom stereocenters. The molecule has 1 aromatic heterocycles. The molecule has 0 aliphatic carbocycles. The van der Waals surface area contributed by atoms with Crippen molar-refractivity contribution >= 4 is 11.6 Å². The van der Waals surface area contributed by atoms with Crippen molar-refractivity contribution in [3.63, 3.8) is 0 Å². The Morgan fingerprint density at radius 1 is 1.11 bits per heavy atom. The Balaban J connectivity index is 1.55. The van der Waals surface area contributed by atoms with Crippen molar-refractivity contribution in [3.05, 3.63) is 101 Å². The number of nitrogens with zero attached hydrogens (tertiary/aromatic N) is 3. The van der Waals surface area contributed by atoms with Crippen molar-refractivity contribution in [3.8, 4) is 28.8 Å². The van der Waals surface area contributed by atoms with Gasteiger partial charge >= 0.3 is 0 Å². The fourth-order valence-corrected chi connectivity index (χ4v) is 3.82. The molecule has 0 saturated carbocycles. The standard InChI is InChI=1S/C28H23FN4O3/c1-17(18-5-4-8-22(13-18)32-28(35)20-6-3-7-21(29)12-20)11-23-15-24(33-27(16-30)31-23)19-9-10-25(34)26(14-19)36-2/h3-10,12-15,17,34H,11H2,1-2H3,(H,32,35)/t17-/m1/s1. The lowest BCUT2D eigenvalue weighted by atomic mass is 9.95. The zero-order valence-corrected chi connectivity index (χ0v) is 19.7. The molecule has 4 aromatic rings. The molecular formula is C28H23FN4O3. The quantitative estimate of drug-likeness (QED) is 0.362. The molecule has 8 heteroatoms. The molecule has 180 valence electrons. The first-order valence-electron chi connectivity index (χ1n) is 11.2. The Bertz CT molecular complexity index is 1470. The van der Waals surface area contributed by atoms with Crippen LogP contribution in [0, 0.1) is 17.1 Å². The average molecular weight is 483 g/mol. The summed E-state index contributed by atoms with van der Waals surface area (Å²) in [6.07, 6.45) is 0.515. The predicted octanol–water partition coefficient (Wildman–Crippen LogP) is 5.47. The number of aromatic nitrogens is 2. The van der Waals surface area contributed by atoms with Gasteiger partial charge in [0.15, 0.2) is 11.5 Å². The number of anilines is 1. The maximum Gasteiger partial charge on any atom is 0.255 e. The SMILES string of the molecule is COc1cc(-c2cc(C[C@@H](C)c3cccc(NC(=O)c4cccc(F)c4)c3)nc(C#N)n2)ccc1O. The van der Waals surface area contributed by atoms with E-state index in [-0.39, 0.29) is 23.1 Å². The number of nitriles is 1. The molecule has 0 spiro atoms. The van der Waals surface area contributed by atoms with Crippen molar-refractivity contribution in [2.24, 2.45) is 0 Å². The number of rotatable bonds is 7. The second-order valence-corrected chi connectivity index (χ2v) is 8.26. The van der Waals surface area contributed by atoms with Gasteiger partial charge in [-0.3, -0.25) is 4.79 Å². The molecule has 3 aromatic carbocycles. The Kier molecular flexibility index (Phi) is 7.21. The van der Waals surface area contributed by atoms with Crippen molar-refractivity contribution < 1.29 is 19.0 Å². The van der Waals surface area contributed by atoms with Crippen LogP contribution in [0.4, 0.5) is 10.1 Å². The molecule has 0 radical (unpaired) electrons. The van der Waals surface area contributed by atoms with Crippen molar-refractivity contribution in [1.29, 1.82) is 5.26 Å². The number of benzene rings is 3. The number of hydrogen-bond donors (Lipinski definition) is 2. The molecule has 1 heterocycles. The summed E-state index contributed by atoms with van der Waals surface area (Å²) in [6.45, 7) is 2.02. The highest BCUT2D eigenvalue weighted by Gasteiger charge is 2.14. The number of aromatic hydroxyl groups is 1. The van der Waals surface area contributed by atoms with E-state index in [1.54, 1.807) is 30.3 Å². The summed E-state index contributed by atoms with van der Waals surface area (Å²) >= 11 is 0. The van der Waals surface area contributed by atoms with Gasteiger partial charge in [-0.1, -0.05) is 25.1 Å². The Hall–Kier alpha value is -4.77. The van der Waals surface area contributed by atoms with E-state index in [1.165, 1.54) is 31.4 Å². The number of nitrogens with one attached hydrogen (secondary N) is 1. The first kappa shape index (κ1) is 24.4. The van der Waals surface area contributed by atoms with E-state index in [0.717, 1.165) is 5.56 Å². The Labute approximate surface area is 207 Å². The first-order chi connectivity index (χ1) is 17.4. The number of carbonyl (C=O) groups excluding carboxylic acids is 1. The highest BCUT2D eigenvalue weighted by Crippen LogP contribution is 2.31. The van der Waals surface area contributed by atoms with Crippen LogP contribution in [0.25, 0.3) is 11.3 Å². The topological polar surface area (TPSA) is 108 Å². The molecule has 0 fully saturated rings. The minimum atomic E-state index is -0.475. The molecule has 0 bridgehead atoms. The van der Waals surface area contributed by atoms with Crippen LogP contribution in [0.15, 0.2) is 72.8 Å². The van der Waals surface area contributed by atoms with Gasteiger partial charge in [0, 0.05) is 22.5 Å². The van der Waals surface area contributed by atoms with E-state index in [9.17, 15) is 19.6 Å². The van der Waals surface area contributed by atoms with Gasteiger partial charge in [-0.15, -0.1) is 0 Å². The summed E-state index contributed by atoms with van der Waals surface area (Å²) in [4.78, 5) is 21.2. The Morgan fingerprint density at radius 3 is 2.67 bits per heavy atom. The molecule has 4 rings (SSSR count). The summed E-state index contributed by atoms with van der Waals surface area (Å²) in [5, 5.41) is 22.1. The summed E-state index contributed by atoms with van der Waals surface area (Å²) in [6, 6.07) is 21.6. The predicted molar refractivity (Wildman–Crippen MR) is 133 cm³/mol. The van der Waals surface area contributed by atoms with Gasteiger partial charge in [-0.2, -0.15) is 5.26 Å². The number of hydrogen-bond acceptors (Lipinski definition) is 6. The number of ether oxygens (including phenoxy) is 1. The number of halogens is 1. The first-order valence-corrected chi connectivity index (χ1v) is 11.2. The lowest BCUT2D eigenvalue weighted by Gasteiger charge is -2.14. The lowest BCUT2D eigenvalue weighted by Crippen LogP contribution is -2.12. The fraction of sp³-hybridized carbons (Fsp3) is 0.143. The number of methoxy groups -OCH3 is 1. The molecule has 2 N–H and O–H groups in total. The van der Waals surface area contributed by atoms with Crippen LogP contribution < -0.4 is 10.1 Å². The van der Waals surface area contributed by atoms with Crippen LogP contribution in [0.3, 0.4) is 0 Å². The van der Waals surface area contributed by atoms with Crippen LogP contribution in [0.1, 0.15) is 40.3 Å². The summed E-state index contributed by atoms with van der Waals surface area (Å²) in [7, 11) is 1.46. The van der Waals surface area contributed by atoms with Gasteiger partial charge in [-0.25, -0.2) is 14.4 Å². The molecule has 0 saturated heterocycles. The summed E-state index contributed by atoms with van der Waals surface area (Å²) in [5.41, 5.74) is 3.67. The molecule has 1 amide bonds. The van der Waals surface area contributed by atoms with Gasteiger partial charge in [0.05, 0.1) is 12.8 Å². The molecule has 7 nitrogen and oxygen atoms in total. The van der Waals surface area contributed by atoms with E-state index in [2.05, 4.69) is 15.3 Å². The number of phenols is 1. The van der Waals surface area contributed by atoms with E-state index >= 15 is 0 Å². The van der Waals surface area contributed by atoms with Crippen LogP contribution in [0.5, 0.6) is 11.5 Å². The summed E-state index contributed by atoms with van der Waals surface area (Å²) in [5.74, 6) is -0.525.